The van der Waals surface area contributed by atoms with E-state index in [1.54, 1.807) is 44.6 Å². The third-order valence-electron chi connectivity index (χ3n) is 2.89. The van der Waals surface area contributed by atoms with E-state index in [9.17, 15) is 4.79 Å². The molecule has 2 N–H and O–H groups in total. The minimum absolute atomic E-state index is 0.0374. The summed E-state index contributed by atoms with van der Waals surface area (Å²) in [7, 11) is 3.10. The fourth-order valence-corrected chi connectivity index (χ4v) is 1.96. The lowest BCUT2D eigenvalue weighted by Crippen LogP contribution is -2.27. The van der Waals surface area contributed by atoms with Crippen molar-refractivity contribution in [2.45, 2.75) is 0 Å². The first-order valence-electron chi connectivity index (χ1n) is 6.53. The number of methoxy groups -OCH3 is 2. The topological polar surface area (TPSA) is 59.6 Å². The molecule has 5 nitrogen and oxygen atoms in total. The summed E-state index contributed by atoms with van der Waals surface area (Å²) in [4.78, 5) is 12.1. The van der Waals surface area contributed by atoms with Crippen molar-refractivity contribution >= 4 is 34.5 Å². The number of para-hydroxylation sites is 1. The lowest BCUT2D eigenvalue weighted by molar-refractivity contribution is -0.110. The second kappa shape index (κ2) is 7.42. The van der Waals surface area contributed by atoms with Crippen LogP contribution in [-0.2, 0) is 4.79 Å². The van der Waals surface area contributed by atoms with Crippen LogP contribution in [0.25, 0.3) is 0 Å². The quantitative estimate of drug-likeness (QED) is 0.849. The molecule has 0 fully saturated rings. The Balaban J connectivity index is 2.09. The predicted molar refractivity (Wildman–Crippen MR) is 90.8 cm³/mol. The van der Waals surface area contributed by atoms with E-state index in [2.05, 4.69) is 10.6 Å². The van der Waals surface area contributed by atoms with Crippen molar-refractivity contribution in [3.63, 3.8) is 0 Å². The highest BCUT2D eigenvalue weighted by Crippen LogP contribution is 2.28. The summed E-state index contributed by atoms with van der Waals surface area (Å²) in [6, 6.07) is 14.3. The molecule has 0 saturated heterocycles. The maximum atomic E-state index is 12.1. The Hall–Kier alpha value is -2.60. The highest BCUT2D eigenvalue weighted by atomic mass is 32.1. The Morgan fingerprint density at radius 2 is 1.73 bits per heavy atom. The first kappa shape index (κ1) is 15.8. The molecular weight excluding hydrogens is 300 g/mol. The van der Waals surface area contributed by atoms with Crippen LogP contribution in [-0.4, -0.2) is 25.1 Å². The molecule has 22 heavy (non-hydrogen) atoms. The number of carbonyl (C=O) groups is 1. The zero-order valence-electron chi connectivity index (χ0n) is 12.3. The van der Waals surface area contributed by atoms with Gasteiger partial charge in [0.2, 0.25) is 0 Å². The number of rotatable bonds is 4. The van der Waals surface area contributed by atoms with Crippen molar-refractivity contribution in [2.24, 2.45) is 0 Å². The Labute approximate surface area is 134 Å². The molecule has 0 aromatic heterocycles. The molecule has 2 rings (SSSR count). The van der Waals surface area contributed by atoms with Crippen molar-refractivity contribution in [3.05, 3.63) is 48.5 Å². The maximum Gasteiger partial charge on any atom is 0.283 e. The van der Waals surface area contributed by atoms with E-state index in [0.717, 1.165) is 0 Å². The van der Waals surface area contributed by atoms with Crippen LogP contribution in [0.1, 0.15) is 0 Å². The number of amides is 1. The average molecular weight is 316 g/mol. The van der Waals surface area contributed by atoms with Gasteiger partial charge in [-0.25, -0.2) is 0 Å². The fourth-order valence-electron chi connectivity index (χ4n) is 1.80. The van der Waals surface area contributed by atoms with Gasteiger partial charge in [0.15, 0.2) is 4.99 Å². The van der Waals surface area contributed by atoms with Gasteiger partial charge in [-0.15, -0.1) is 0 Å². The van der Waals surface area contributed by atoms with Crippen molar-refractivity contribution < 1.29 is 14.3 Å². The van der Waals surface area contributed by atoms with E-state index in [-0.39, 0.29) is 4.99 Å². The van der Waals surface area contributed by atoms with Gasteiger partial charge in [-0.3, -0.25) is 4.79 Å². The second-order valence-corrected chi connectivity index (χ2v) is 4.75. The standard InChI is InChI=1S/C16H16N2O3S/c1-20-12-8-9-14(21-2)13(10-12)18-16(22)15(19)17-11-6-4-3-5-7-11/h3-10H,1-2H3,(H,17,19)(H,18,22). The number of ether oxygens (including phenoxy) is 2. The highest BCUT2D eigenvalue weighted by Gasteiger charge is 2.13. The van der Waals surface area contributed by atoms with E-state index in [4.69, 9.17) is 21.7 Å². The summed E-state index contributed by atoms with van der Waals surface area (Å²) in [5, 5.41) is 5.58. The molecular formula is C16H16N2O3S. The summed E-state index contributed by atoms with van der Waals surface area (Å²) < 4.78 is 10.4. The zero-order chi connectivity index (χ0) is 15.9. The van der Waals surface area contributed by atoms with E-state index in [0.29, 0.717) is 22.9 Å². The fraction of sp³-hybridized carbons (Fsp3) is 0.125. The average Bonchev–Trinajstić information content (AvgIpc) is 2.55. The van der Waals surface area contributed by atoms with Crippen LogP contribution in [0.15, 0.2) is 48.5 Å². The van der Waals surface area contributed by atoms with Gasteiger partial charge in [0.05, 0.1) is 19.9 Å². The van der Waals surface area contributed by atoms with Crippen molar-refractivity contribution in [1.29, 1.82) is 0 Å². The SMILES string of the molecule is COc1ccc(OC)c(NC(=S)C(=O)Nc2ccccc2)c1. The summed E-state index contributed by atoms with van der Waals surface area (Å²) in [5.41, 5.74) is 1.24. The van der Waals surface area contributed by atoms with Crippen LogP contribution >= 0.6 is 12.2 Å². The van der Waals surface area contributed by atoms with E-state index >= 15 is 0 Å². The highest BCUT2D eigenvalue weighted by molar-refractivity contribution is 7.82. The lowest BCUT2D eigenvalue weighted by Gasteiger charge is -2.13. The normalized spacial score (nSPS) is 9.73. The van der Waals surface area contributed by atoms with E-state index < -0.39 is 5.91 Å². The zero-order valence-corrected chi connectivity index (χ0v) is 13.1. The first-order chi connectivity index (χ1) is 10.6. The van der Waals surface area contributed by atoms with Gasteiger partial charge < -0.3 is 20.1 Å². The van der Waals surface area contributed by atoms with Gasteiger partial charge in [-0.05, 0) is 24.3 Å². The molecule has 0 spiro atoms. The van der Waals surface area contributed by atoms with Gasteiger partial charge in [-0.1, -0.05) is 30.4 Å². The number of nitrogens with one attached hydrogen (secondary N) is 2. The summed E-state index contributed by atoms with van der Waals surface area (Å²) in [5.74, 6) is 0.802. The van der Waals surface area contributed by atoms with Gasteiger partial charge >= 0.3 is 0 Å². The maximum absolute atomic E-state index is 12.1. The molecule has 0 heterocycles. The van der Waals surface area contributed by atoms with Gasteiger partial charge in [0.25, 0.3) is 5.91 Å². The molecule has 0 bridgehead atoms. The number of hydrogen-bond donors (Lipinski definition) is 2. The molecule has 114 valence electrons. The molecule has 0 atom stereocenters. The van der Waals surface area contributed by atoms with Crippen LogP contribution in [0.4, 0.5) is 11.4 Å². The van der Waals surface area contributed by atoms with Crippen LogP contribution in [0.5, 0.6) is 11.5 Å². The number of thiocarbonyl (C=S) groups is 1. The van der Waals surface area contributed by atoms with Crippen LogP contribution in [0.2, 0.25) is 0 Å². The molecule has 0 saturated carbocycles. The third kappa shape index (κ3) is 3.95. The minimum Gasteiger partial charge on any atom is -0.497 e. The van der Waals surface area contributed by atoms with Gasteiger partial charge in [0, 0.05) is 11.8 Å². The number of hydrogen-bond acceptors (Lipinski definition) is 4. The third-order valence-corrected chi connectivity index (χ3v) is 3.18. The molecule has 2 aromatic carbocycles. The second-order valence-electron chi connectivity index (χ2n) is 4.34. The molecule has 6 heteroatoms. The summed E-state index contributed by atoms with van der Waals surface area (Å²) in [6.45, 7) is 0. The molecule has 0 aliphatic rings. The summed E-state index contributed by atoms with van der Waals surface area (Å²) in [6.07, 6.45) is 0. The number of benzene rings is 2. The molecule has 0 aliphatic heterocycles. The van der Waals surface area contributed by atoms with E-state index in [1.807, 2.05) is 18.2 Å². The van der Waals surface area contributed by atoms with Crippen molar-refractivity contribution in [2.75, 3.05) is 24.9 Å². The number of carbonyl (C=O) groups excluding carboxylic acids is 1. The molecule has 2 aromatic rings. The van der Waals surface area contributed by atoms with Crippen molar-refractivity contribution in [3.8, 4) is 11.5 Å². The van der Waals surface area contributed by atoms with Gasteiger partial charge in [0.1, 0.15) is 11.5 Å². The molecule has 0 radical (unpaired) electrons. The molecule has 0 unspecified atom stereocenters. The Bertz CT molecular complexity index is 674. The van der Waals surface area contributed by atoms with Crippen LogP contribution < -0.4 is 20.1 Å². The first-order valence-corrected chi connectivity index (χ1v) is 6.94. The minimum atomic E-state index is -0.397. The Kier molecular flexibility index (Phi) is 5.32. The van der Waals surface area contributed by atoms with Gasteiger partial charge in [-0.2, -0.15) is 0 Å². The predicted octanol–water partition coefficient (Wildman–Crippen LogP) is 3.08. The summed E-state index contributed by atoms with van der Waals surface area (Å²) >= 11 is 5.13. The largest absolute Gasteiger partial charge is 0.497 e. The Morgan fingerprint density at radius 3 is 2.36 bits per heavy atom. The Morgan fingerprint density at radius 1 is 1.00 bits per heavy atom. The molecule has 0 aliphatic carbocycles. The van der Waals surface area contributed by atoms with Crippen LogP contribution in [0, 0.1) is 0 Å². The number of anilines is 2. The molecule has 1 amide bonds. The lowest BCUT2D eigenvalue weighted by atomic mass is 10.2. The van der Waals surface area contributed by atoms with E-state index in [1.165, 1.54) is 0 Å². The monoisotopic (exact) mass is 316 g/mol. The van der Waals surface area contributed by atoms with Crippen LogP contribution in [0.3, 0.4) is 0 Å². The smallest absolute Gasteiger partial charge is 0.283 e. The van der Waals surface area contributed by atoms with Crippen molar-refractivity contribution in [1.82, 2.24) is 0 Å².